The highest BCUT2D eigenvalue weighted by molar-refractivity contribution is 5.95. The molecule has 3 heterocycles. The number of carbonyl (C=O) groups is 1. The Bertz CT molecular complexity index is 954. The third kappa shape index (κ3) is 3.10. The largest absolute Gasteiger partial charge is 0.350 e. The van der Waals surface area contributed by atoms with Crippen molar-refractivity contribution in [3.05, 3.63) is 41.6 Å². The molecule has 0 radical (unpaired) electrons. The minimum absolute atomic E-state index is 0.0601. The second kappa shape index (κ2) is 6.36. The lowest BCUT2D eigenvalue weighted by Gasteiger charge is -2.08. The molecular formula is C18H20N6O2. The third-order valence-corrected chi connectivity index (χ3v) is 4.27. The van der Waals surface area contributed by atoms with Crippen molar-refractivity contribution >= 4 is 5.91 Å². The molecule has 134 valence electrons. The SMILES string of the molecule is Cc1c(C(=O)NC(C)C)cnn1-c1cc(-c2nc(C3CC3)no2)ccn1. The fourth-order valence-electron chi connectivity index (χ4n) is 2.73. The van der Waals surface area contributed by atoms with Crippen molar-refractivity contribution in [2.24, 2.45) is 0 Å². The number of nitrogens with zero attached hydrogens (tertiary/aromatic N) is 5. The highest BCUT2D eigenvalue weighted by Gasteiger charge is 2.29. The van der Waals surface area contributed by atoms with E-state index in [2.05, 4.69) is 25.5 Å². The van der Waals surface area contributed by atoms with Crippen LogP contribution in [0.1, 0.15) is 54.5 Å². The molecule has 0 aromatic carbocycles. The van der Waals surface area contributed by atoms with Crippen LogP contribution in [0.5, 0.6) is 0 Å². The van der Waals surface area contributed by atoms with E-state index < -0.39 is 0 Å². The molecule has 0 aliphatic heterocycles. The summed E-state index contributed by atoms with van der Waals surface area (Å²) in [5, 5.41) is 11.2. The first-order valence-electron chi connectivity index (χ1n) is 8.69. The summed E-state index contributed by atoms with van der Waals surface area (Å²) in [5.74, 6) is 2.12. The summed E-state index contributed by atoms with van der Waals surface area (Å²) in [7, 11) is 0. The maximum atomic E-state index is 12.3. The number of hydrogen-bond acceptors (Lipinski definition) is 6. The van der Waals surface area contributed by atoms with Gasteiger partial charge in [-0.15, -0.1) is 0 Å². The lowest BCUT2D eigenvalue weighted by molar-refractivity contribution is 0.0942. The second-order valence-corrected chi connectivity index (χ2v) is 6.82. The van der Waals surface area contributed by atoms with Gasteiger partial charge in [-0.05, 0) is 45.7 Å². The van der Waals surface area contributed by atoms with Crippen LogP contribution in [0.3, 0.4) is 0 Å². The topological polar surface area (TPSA) is 98.7 Å². The minimum atomic E-state index is -0.147. The van der Waals surface area contributed by atoms with Crippen molar-refractivity contribution in [3.63, 3.8) is 0 Å². The Hall–Kier alpha value is -3.03. The molecule has 8 heteroatoms. The van der Waals surface area contributed by atoms with E-state index in [4.69, 9.17) is 4.52 Å². The zero-order valence-corrected chi connectivity index (χ0v) is 14.9. The summed E-state index contributed by atoms with van der Waals surface area (Å²) < 4.78 is 7.01. The van der Waals surface area contributed by atoms with Gasteiger partial charge in [0.05, 0.1) is 17.5 Å². The molecule has 0 spiro atoms. The normalized spacial score (nSPS) is 14.0. The number of amides is 1. The van der Waals surface area contributed by atoms with Crippen molar-refractivity contribution in [1.82, 2.24) is 30.2 Å². The molecule has 8 nitrogen and oxygen atoms in total. The Morgan fingerprint density at radius 3 is 2.92 bits per heavy atom. The fourth-order valence-corrected chi connectivity index (χ4v) is 2.73. The number of rotatable bonds is 5. The van der Waals surface area contributed by atoms with Crippen LogP contribution in [0.4, 0.5) is 0 Å². The Kier molecular flexibility index (Phi) is 4.02. The predicted molar refractivity (Wildman–Crippen MR) is 94.0 cm³/mol. The van der Waals surface area contributed by atoms with Crippen LogP contribution in [-0.4, -0.2) is 36.9 Å². The van der Waals surface area contributed by atoms with Gasteiger partial charge >= 0.3 is 0 Å². The van der Waals surface area contributed by atoms with Crippen molar-refractivity contribution in [3.8, 4) is 17.3 Å². The summed E-state index contributed by atoms with van der Waals surface area (Å²) in [5.41, 5.74) is 2.02. The van der Waals surface area contributed by atoms with Crippen LogP contribution in [-0.2, 0) is 0 Å². The Balaban J connectivity index is 1.64. The van der Waals surface area contributed by atoms with Crippen LogP contribution < -0.4 is 5.32 Å². The first-order chi connectivity index (χ1) is 12.5. The van der Waals surface area contributed by atoms with Gasteiger partial charge in [0.25, 0.3) is 11.8 Å². The maximum Gasteiger partial charge on any atom is 0.258 e. The molecule has 26 heavy (non-hydrogen) atoms. The summed E-state index contributed by atoms with van der Waals surface area (Å²) >= 11 is 0. The predicted octanol–water partition coefficient (Wildman–Crippen LogP) is 2.64. The van der Waals surface area contributed by atoms with Gasteiger partial charge in [-0.1, -0.05) is 5.16 Å². The number of pyridine rings is 1. The molecule has 4 rings (SSSR count). The number of aromatic nitrogens is 5. The van der Waals surface area contributed by atoms with Crippen molar-refractivity contribution in [2.75, 3.05) is 0 Å². The van der Waals surface area contributed by atoms with Gasteiger partial charge in [0.1, 0.15) is 0 Å². The van der Waals surface area contributed by atoms with Gasteiger partial charge in [-0.2, -0.15) is 10.1 Å². The van der Waals surface area contributed by atoms with Crippen LogP contribution in [0.15, 0.2) is 29.0 Å². The van der Waals surface area contributed by atoms with Crippen molar-refractivity contribution < 1.29 is 9.32 Å². The Morgan fingerprint density at radius 1 is 1.38 bits per heavy atom. The van der Waals surface area contributed by atoms with Gasteiger partial charge in [-0.25, -0.2) is 9.67 Å². The van der Waals surface area contributed by atoms with E-state index in [0.717, 1.165) is 29.9 Å². The number of carbonyl (C=O) groups excluding carboxylic acids is 1. The molecule has 3 aromatic heterocycles. The lowest BCUT2D eigenvalue weighted by atomic mass is 10.2. The molecule has 0 unspecified atom stereocenters. The average molecular weight is 352 g/mol. The molecule has 3 aromatic rings. The number of nitrogens with one attached hydrogen (secondary N) is 1. The van der Waals surface area contributed by atoms with E-state index in [-0.39, 0.29) is 11.9 Å². The first-order valence-corrected chi connectivity index (χ1v) is 8.69. The molecule has 0 atom stereocenters. The maximum absolute atomic E-state index is 12.3. The summed E-state index contributed by atoms with van der Waals surface area (Å²) in [6.45, 7) is 5.68. The van der Waals surface area contributed by atoms with E-state index in [0.29, 0.717) is 23.2 Å². The monoisotopic (exact) mass is 352 g/mol. The van der Waals surface area contributed by atoms with E-state index >= 15 is 0 Å². The van der Waals surface area contributed by atoms with Crippen LogP contribution in [0, 0.1) is 6.92 Å². The molecule has 1 saturated carbocycles. The van der Waals surface area contributed by atoms with E-state index in [9.17, 15) is 4.79 Å². The average Bonchev–Trinajstić information content (AvgIpc) is 3.21. The summed E-state index contributed by atoms with van der Waals surface area (Å²) in [6, 6.07) is 3.71. The van der Waals surface area contributed by atoms with Crippen LogP contribution in [0.2, 0.25) is 0 Å². The fraction of sp³-hybridized carbons (Fsp3) is 0.389. The van der Waals surface area contributed by atoms with Gasteiger partial charge in [-0.3, -0.25) is 4.79 Å². The molecule has 1 amide bonds. The molecule has 1 aliphatic carbocycles. The van der Waals surface area contributed by atoms with E-state index in [1.54, 1.807) is 17.1 Å². The third-order valence-electron chi connectivity index (χ3n) is 4.27. The van der Waals surface area contributed by atoms with Gasteiger partial charge < -0.3 is 9.84 Å². The van der Waals surface area contributed by atoms with Crippen LogP contribution in [0.25, 0.3) is 17.3 Å². The summed E-state index contributed by atoms with van der Waals surface area (Å²) in [6.07, 6.45) is 5.46. The highest BCUT2D eigenvalue weighted by Crippen LogP contribution is 2.38. The van der Waals surface area contributed by atoms with Crippen LogP contribution >= 0.6 is 0 Å². The van der Waals surface area contributed by atoms with Gasteiger partial charge in [0.2, 0.25) is 0 Å². The van der Waals surface area contributed by atoms with Crippen molar-refractivity contribution in [1.29, 1.82) is 0 Å². The highest BCUT2D eigenvalue weighted by atomic mass is 16.5. The summed E-state index contributed by atoms with van der Waals surface area (Å²) in [4.78, 5) is 21.1. The van der Waals surface area contributed by atoms with E-state index in [1.807, 2.05) is 32.9 Å². The molecule has 0 saturated heterocycles. The van der Waals surface area contributed by atoms with Crippen molar-refractivity contribution in [2.45, 2.75) is 45.6 Å². The molecule has 1 N–H and O–H groups in total. The second-order valence-electron chi connectivity index (χ2n) is 6.82. The molecule has 0 bridgehead atoms. The molecular weight excluding hydrogens is 332 g/mol. The smallest absolute Gasteiger partial charge is 0.258 e. The van der Waals surface area contributed by atoms with E-state index in [1.165, 1.54) is 0 Å². The standard InChI is InChI=1S/C18H20N6O2/c1-10(2)21-17(25)14-9-20-24(11(14)3)15-8-13(6-7-19-15)18-22-16(23-26-18)12-4-5-12/h6-10,12H,4-5H2,1-3H3,(H,21,25). The zero-order valence-electron chi connectivity index (χ0n) is 14.9. The first kappa shape index (κ1) is 16.4. The quantitative estimate of drug-likeness (QED) is 0.758. The molecule has 1 aliphatic rings. The molecule has 1 fully saturated rings. The Morgan fingerprint density at radius 2 is 2.19 bits per heavy atom. The van der Waals surface area contributed by atoms with Gasteiger partial charge in [0.15, 0.2) is 11.6 Å². The minimum Gasteiger partial charge on any atom is -0.350 e. The zero-order chi connectivity index (χ0) is 18.3. The Labute approximate surface area is 150 Å². The lowest BCUT2D eigenvalue weighted by Crippen LogP contribution is -2.30. The van der Waals surface area contributed by atoms with Gasteiger partial charge in [0, 0.05) is 23.7 Å². The number of hydrogen-bond donors (Lipinski definition) is 1.